The highest BCUT2D eigenvalue weighted by Crippen LogP contribution is 2.29. The number of aromatic nitrogens is 1. The zero-order valence-electron chi connectivity index (χ0n) is 14.7. The first-order valence-electron chi connectivity index (χ1n) is 7.56. The molecule has 0 aliphatic rings. The number of rotatable bonds is 7. The first kappa shape index (κ1) is 17.8. The molecule has 130 valence electrons. The largest absolute Gasteiger partial charge is 0.493 e. The van der Waals surface area contributed by atoms with Gasteiger partial charge in [-0.3, -0.25) is 9.69 Å². The average molecular weight is 333 g/mol. The number of methoxy groups -OCH3 is 2. The molecule has 0 saturated heterocycles. The minimum Gasteiger partial charge on any atom is -0.493 e. The Morgan fingerprint density at radius 1 is 1.25 bits per heavy atom. The molecule has 1 heterocycles. The van der Waals surface area contributed by atoms with E-state index in [-0.39, 0.29) is 12.5 Å². The van der Waals surface area contributed by atoms with Crippen LogP contribution in [-0.4, -0.2) is 43.8 Å². The van der Waals surface area contributed by atoms with E-state index in [4.69, 9.17) is 14.0 Å². The van der Waals surface area contributed by atoms with Gasteiger partial charge in [0.2, 0.25) is 5.91 Å². The van der Waals surface area contributed by atoms with Crippen molar-refractivity contribution in [1.29, 1.82) is 0 Å². The third-order valence-electron chi connectivity index (χ3n) is 3.69. The molecular weight excluding hydrogens is 310 g/mol. The minimum absolute atomic E-state index is 0.114. The summed E-state index contributed by atoms with van der Waals surface area (Å²) in [7, 11) is 5.00. The van der Waals surface area contributed by atoms with Gasteiger partial charge >= 0.3 is 0 Å². The number of hydrogen-bond acceptors (Lipinski definition) is 6. The van der Waals surface area contributed by atoms with Crippen LogP contribution in [0.2, 0.25) is 0 Å². The van der Waals surface area contributed by atoms with Crippen molar-refractivity contribution in [2.24, 2.45) is 0 Å². The fraction of sp³-hybridized carbons (Fsp3) is 0.412. The Balaban J connectivity index is 1.95. The molecule has 7 heteroatoms. The molecule has 1 aromatic carbocycles. The summed E-state index contributed by atoms with van der Waals surface area (Å²) in [5, 5.41) is 6.78. The quantitative estimate of drug-likeness (QED) is 0.838. The van der Waals surface area contributed by atoms with Crippen LogP contribution in [0.5, 0.6) is 11.5 Å². The van der Waals surface area contributed by atoms with Crippen molar-refractivity contribution in [2.75, 3.05) is 33.1 Å². The maximum atomic E-state index is 12.2. The van der Waals surface area contributed by atoms with Crippen molar-refractivity contribution >= 4 is 11.6 Å². The Bertz CT molecular complexity index is 692. The van der Waals surface area contributed by atoms with Crippen molar-refractivity contribution in [3.63, 3.8) is 0 Å². The molecule has 0 atom stereocenters. The number of nitrogens with one attached hydrogen (secondary N) is 1. The molecule has 24 heavy (non-hydrogen) atoms. The molecule has 1 aromatic heterocycles. The topological polar surface area (TPSA) is 76.8 Å². The summed E-state index contributed by atoms with van der Waals surface area (Å²) in [4.78, 5) is 14.1. The third kappa shape index (κ3) is 4.26. The monoisotopic (exact) mass is 333 g/mol. The third-order valence-corrected chi connectivity index (χ3v) is 3.69. The lowest BCUT2D eigenvalue weighted by molar-refractivity contribution is -0.117. The van der Waals surface area contributed by atoms with Crippen LogP contribution in [0, 0.1) is 13.8 Å². The highest BCUT2D eigenvalue weighted by Gasteiger charge is 2.14. The van der Waals surface area contributed by atoms with Gasteiger partial charge in [-0.2, -0.15) is 0 Å². The first-order chi connectivity index (χ1) is 11.4. The molecule has 2 aromatic rings. The van der Waals surface area contributed by atoms with Crippen molar-refractivity contribution in [3.05, 3.63) is 35.2 Å². The van der Waals surface area contributed by atoms with Gasteiger partial charge < -0.3 is 19.3 Å². The number of carbonyl (C=O) groups excluding carboxylic acids is 1. The first-order valence-corrected chi connectivity index (χ1v) is 7.56. The molecule has 0 aliphatic carbocycles. The number of aryl methyl sites for hydroxylation is 2. The standard InChI is InChI=1S/C17H23N3O4/c1-11-14(12(2)24-19-11)9-20(3)10-17(21)18-13-6-7-15(22-4)16(8-13)23-5/h6-8H,9-10H2,1-5H3,(H,18,21). The molecule has 0 spiro atoms. The lowest BCUT2D eigenvalue weighted by Gasteiger charge is -2.16. The normalized spacial score (nSPS) is 10.8. The van der Waals surface area contributed by atoms with E-state index in [1.54, 1.807) is 32.4 Å². The molecule has 0 radical (unpaired) electrons. The second-order valence-electron chi connectivity index (χ2n) is 5.59. The van der Waals surface area contributed by atoms with E-state index < -0.39 is 0 Å². The van der Waals surface area contributed by atoms with Gasteiger partial charge in [0.1, 0.15) is 5.76 Å². The van der Waals surface area contributed by atoms with Crippen LogP contribution in [0.15, 0.2) is 22.7 Å². The van der Waals surface area contributed by atoms with E-state index >= 15 is 0 Å². The zero-order valence-corrected chi connectivity index (χ0v) is 14.7. The predicted molar refractivity (Wildman–Crippen MR) is 90.5 cm³/mol. The van der Waals surface area contributed by atoms with Crippen molar-refractivity contribution < 1.29 is 18.8 Å². The molecule has 1 N–H and O–H groups in total. The van der Waals surface area contributed by atoms with E-state index in [9.17, 15) is 4.79 Å². The van der Waals surface area contributed by atoms with Crippen LogP contribution in [0.1, 0.15) is 17.0 Å². The smallest absolute Gasteiger partial charge is 0.238 e. The highest BCUT2D eigenvalue weighted by molar-refractivity contribution is 5.92. The van der Waals surface area contributed by atoms with Gasteiger partial charge in [-0.1, -0.05) is 5.16 Å². The van der Waals surface area contributed by atoms with E-state index in [2.05, 4.69) is 10.5 Å². The molecule has 0 aliphatic heterocycles. The Hall–Kier alpha value is -2.54. The van der Waals surface area contributed by atoms with E-state index in [0.717, 1.165) is 17.0 Å². The Kier molecular flexibility index (Phi) is 5.81. The summed E-state index contributed by atoms with van der Waals surface area (Å²) in [5.74, 6) is 1.85. The molecule has 2 rings (SSSR count). The van der Waals surface area contributed by atoms with E-state index in [1.807, 2.05) is 25.8 Å². The molecular formula is C17H23N3O4. The van der Waals surface area contributed by atoms with Crippen LogP contribution >= 0.6 is 0 Å². The van der Waals surface area contributed by atoms with E-state index in [0.29, 0.717) is 23.7 Å². The number of ether oxygens (including phenoxy) is 2. The van der Waals surface area contributed by atoms with Crippen molar-refractivity contribution in [3.8, 4) is 11.5 Å². The SMILES string of the molecule is COc1ccc(NC(=O)CN(C)Cc2c(C)noc2C)cc1OC. The van der Waals surface area contributed by atoms with Gasteiger partial charge in [-0.25, -0.2) is 0 Å². The maximum Gasteiger partial charge on any atom is 0.238 e. The summed E-state index contributed by atoms with van der Waals surface area (Å²) in [5.41, 5.74) is 2.51. The number of nitrogens with zero attached hydrogens (tertiary/aromatic N) is 2. The zero-order chi connectivity index (χ0) is 17.7. The molecule has 0 unspecified atom stereocenters. The van der Waals surface area contributed by atoms with Gasteiger partial charge in [-0.05, 0) is 33.0 Å². The number of hydrogen-bond donors (Lipinski definition) is 1. The maximum absolute atomic E-state index is 12.2. The number of likely N-dealkylation sites (N-methyl/N-ethyl adjacent to an activating group) is 1. The fourth-order valence-electron chi connectivity index (χ4n) is 2.41. The van der Waals surface area contributed by atoms with Gasteiger partial charge in [0, 0.05) is 23.9 Å². The van der Waals surface area contributed by atoms with Gasteiger partial charge in [0.15, 0.2) is 11.5 Å². The molecule has 0 fully saturated rings. The highest BCUT2D eigenvalue weighted by atomic mass is 16.5. The summed E-state index contributed by atoms with van der Waals surface area (Å²) < 4.78 is 15.6. The lowest BCUT2D eigenvalue weighted by atomic mass is 10.2. The lowest BCUT2D eigenvalue weighted by Crippen LogP contribution is -2.30. The fourth-order valence-corrected chi connectivity index (χ4v) is 2.41. The molecule has 7 nitrogen and oxygen atoms in total. The second-order valence-corrected chi connectivity index (χ2v) is 5.59. The molecule has 1 amide bonds. The van der Waals surface area contributed by atoms with E-state index in [1.165, 1.54) is 0 Å². The Labute approximate surface area is 141 Å². The van der Waals surface area contributed by atoms with Crippen molar-refractivity contribution in [2.45, 2.75) is 20.4 Å². The molecule has 0 bridgehead atoms. The van der Waals surface area contributed by atoms with Crippen LogP contribution in [0.4, 0.5) is 5.69 Å². The number of amides is 1. The second kappa shape index (κ2) is 7.83. The van der Waals surface area contributed by atoms with Crippen LogP contribution in [-0.2, 0) is 11.3 Å². The summed E-state index contributed by atoms with van der Waals surface area (Å²) in [6.07, 6.45) is 0. The Morgan fingerprint density at radius 2 is 1.96 bits per heavy atom. The summed E-state index contributed by atoms with van der Waals surface area (Å²) >= 11 is 0. The number of carbonyl (C=O) groups is 1. The van der Waals surface area contributed by atoms with Gasteiger partial charge in [0.25, 0.3) is 0 Å². The van der Waals surface area contributed by atoms with Crippen molar-refractivity contribution in [1.82, 2.24) is 10.1 Å². The van der Waals surface area contributed by atoms with Crippen LogP contribution in [0.25, 0.3) is 0 Å². The van der Waals surface area contributed by atoms with Gasteiger partial charge in [0.05, 0.1) is 26.5 Å². The summed E-state index contributed by atoms with van der Waals surface area (Å²) in [6, 6.07) is 5.25. The number of benzene rings is 1. The minimum atomic E-state index is -0.114. The van der Waals surface area contributed by atoms with Crippen LogP contribution < -0.4 is 14.8 Å². The predicted octanol–water partition coefficient (Wildman–Crippen LogP) is 2.38. The summed E-state index contributed by atoms with van der Waals surface area (Å²) in [6.45, 7) is 4.61. The van der Waals surface area contributed by atoms with Gasteiger partial charge in [-0.15, -0.1) is 0 Å². The molecule has 0 saturated carbocycles. The average Bonchev–Trinajstić information content (AvgIpc) is 2.86. The Morgan fingerprint density at radius 3 is 2.54 bits per heavy atom. The van der Waals surface area contributed by atoms with Crippen LogP contribution in [0.3, 0.4) is 0 Å². The number of anilines is 1.